The number of fused-ring (bicyclic) bond motifs is 2. The number of hydrogen-bond acceptors (Lipinski definition) is 3. The van der Waals surface area contributed by atoms with E-state index in [1.165, 1.54) is 27.8 Å². The predicted octanol–water partition coefficient (Wildman–Crippen LogP) is 3.52. The fraction of sp³-hybridized carbons (Fsp3) is 0.333. The van der Waals surface area contributed by atoms with Gasteiger partial charge in [-0.25, -0.2) is 0 Å². The Bertz CT molecular complexity index is 693. The third kappa shape index (κ3) is 2.26. The molecule has 1 fully saturated rings. The molecule has 1 atom stereocenters. The molecule has 2 aliphatic rings. The van der Waals surface area contributed by atoms with Crippen molar-refractivity contribution in [1.29, 1.82) is 0 Å². The standard InChI is InChI=1S/C18H19NOS/c20-16-11-13-3-1-2-4-14(13)17(12-5-8-19-9-6-12)15-7-10-21-18(15)16/h1-4,7,10,16,19-20H,5-6,8-9,11H2. The zero-order valence-corrected chi connectivity index (χ0v) is 12.7. The molecule has 3 heteroatoms. The summed E-state index contributed by atoms with van der Waals surface area (Å²) in [6.45, 7) is 2.12. The molecule has 0 amide bonds. The van der Waals surface area contributed by atoms with Gasteiger partial charge in [-0.2, -0.15) is 0 Å². The molecule has 1 aliphatic heterocycles. The lowest BCUT2D eigenvalue weighted by Crippen LogP contribution is -2.23. The van der Waals surface area contributed by atoms with E-state index in [0.717, 1.165) is 37.2 Å². The van der Waals surface area contributed by atoms with Crippen molar-refractivity contribution in [3.8, 4) is 0 Å². The van der Waals surface area contributed by atoms with E-state index < -0.39 is 0 Å². The zero-order chi connectivity index (χ0) is 14.2. The average Bonchev–Trinajstić information content (AvgIpc) is 2.96. The van der Waals surface area contributed by atoms with Gasteiger partial charge in [0.15, 0.2) is 0 Å². The van der Waals surface area contributed by atoms with Crippen LogP contribution in [-0.2, 0) is 6.42 Å². The van der Waals surface area contributed by atoms with Gasteiger partial charge in [-0.15, -0.1) is 11.3 Å². The summed E-state index contributed by atoms with van der Waals surface area (Å²) in [6, 6.07) is 10.8. The second kappa shape index (κ2) is 5.41. The number of aliphatic hydroxyl groups is 1. The molecule has 1 aromatic carbocycles. The predicted molar refractivity (Wildman–Crippen MR) is 87.6 cm³/mol. The van der Waals surface area contributed by atoms with Crippen LogP contribution >= 0.6 is 11.3 Å². The van der Waals surface area contributed by atoms with Crippen molar-refractivity contribution in [2.45, 2.75) is 25.4 Å². The van der Waals surface area contributed by atoms with E-state index in [2.05, 4.69) is 41.0 Å². The van der Waals surface area contributed by atoms with Gasteiger partial charge in [-0.3, -0.25) is 0 Å². The SMILES string of the molecule is OC1Cc2ccccc2C(=C2CCNCC2)c2ccsc21. The van der Waals surface area contributed by atoms with Crippen LogP contribution in [-0.4, -0.2) is 18.2 Å². The van der Waals surface area contributed by atoms with Gasteiger partial charge in [0.2, 0.25) is 0 Å². The Morgan fingerprint density at radius 2 is 1.86 bits per heavy atom. The molecule has 0 saturated carbocycles. The van der Waals surface area contributed by atoms with Crippen LogP contribution in [0.2, 0.25) is 0 Å². The largest absolute Gasteiger partial charge is 0.387 e. The van der Waals surface area contributed by atoms with Crippen molar-refractivity contribution in [2.24, 2.45) is 0 Å². The van der Waals surface area contributed by atoms with Gasteiger partial charge in [0.25, 0.3) is 0 Å². The third-order valence-corrected chi connectivity index (χ3v) is 5.55. The Morgan fingerprint density at radius 1 is 1.05 bits per heavy atom. The Morgan fingerprint density at radius 3 is 2.71 bits per heavy atom. The molecule has 1 aliphatic carbocycles. The van der Waals surface area contributed by atoms with Crippen molar-refractivity contribution in [3.63, 3.8) is 0 Å². The number of piperidine rings is 1. The van der Waals surface area contributed by atoms with Gasteiger partial charge in [0, 0.05) is 11.3 Å². The highest BCUT2D eigenvalue weighted by Crippen LogP contribution is 2.42. The fourth-order valence-corrected chi connectivity index (χ4v) is 4.42. The molecule has 2 aromatic rings. The molecule has 1 aromatic heterocycles. The van der Waals surface area contributed by atoms with Crippen LogP contribution in [0.3, 0.4) is 0 Å². The Hall–Kier alpha value is -1.42. The van der Waals surface area contributed by atoms with Crippen LogP contribution in [0.4, 0.5) is 0 Å². The van der Waals surface area contributed by atoms with Crippen molar-refractivity contribution in [3.05, 3.63) is 62.9 Å². The van der Waals surface area contributed by atoms with E-state index >= 15 is 0 Å². The summed E-state index contributed by atoms with van der Waals surface area (Å²) in [5.41, 5.74) is 6.78. The summed E-state index contributed by atoms with van der Waals surface area (Å²) < 4.78 is 0. The first kappa shape index (κ1) is 13.3. The Balaban J connectivity index is 1.99. The van der Waals surface area contributed by atoms with Crippen LogP contribution in [0.1, 0.15) is 40.5 Å². The summed E-state index contributed by atoms with van der Waals surface area (Å²) in [5, 5.41) is 16.1. The maximum absolute atomic E-state index is 10.6. The molecule has 1 unspecified atom stereocenters. The van der Waals surface area contributed by atoms with E-state index in [0.29, 0.717) is 0 Å². The minimum Gasteiger partial charge on any atom is -0.387 e. The lowest BCUT2D eigenvalue weighted by Gasteiger charge is -2.21. The van der Waals surface area contributed by atoms with Gasteiger partial charge in [-0.05, 0) is 59.6 Å². The molecule has 1 saturated heterocycles. The first-order valence-electron chi connectivity index (χ1n) is 7.61. The summed E-state index contributed by atoms with van der Waals surface area (Å²) in [5.74, 6) is 0. The lowest BCUT2D eigenvalue weighted by molar-refractivity contribution is 0.182. The molecular weight excluding hydrogens is 278 g/mol. The Labute approximate surface area is 129 Å². The summed E-state index contributed by atoms with van der Waals surface area (Å²) >= 11 is 1.69. The van der Waals surface area contributed by atoms with Crippen LogP contribution in [0.15, 0.2) is 41.3 Å². The van der Waals surface area contributed by atoms with Crippen LogP contribution in [0.5, 0.6) is 0 Å². The average molecular weight is 297 g/mol. The summed E-state index contributed by atoms with van der Waals surface area (Å²) in [7, 11) is 0. The van der Waals surface area contributed by atoms with E-state index in [1.807, 2.05) is 0 Å². The van der Waals surface area contributed by atoms with Crippen molar-refractivity contribution in [2.75, 3.05) is 13.1 Å². The van der Waals surface area contributed by atoms with Crippen LogP contribution in [0.25, 0.3) is 5.57 Å². The number of hydrogen-bond donors (Lipinski definition) is 2. The van der Waals surface area contributed by atoms with Crippen LogP contribution in [0, 0.1) is 0 Å². The normalized spacial score (nSPS) is 21.7. The minimum absolute atomic E-state index is 0.374. The molecule has 4 rings (SSSR count). The molecular formula is C18H19NOS. The molecule has 2 heterocycles. The molecule has 2 N–H and O–H groups in total. The fourth-order valence-electron chi connectivity index (χ4n) is 3.53. The lowest BCUT2D eigenvalue weighted by atomic mass is 9.88. The van der Waals surface area contributed by atoms with Crippen molar-refractivity contribution >= 4 is 16.9 Å². The second-order valence-electron chi connectivity index (χ2n) is 5.80. The number of benzene rings is 1. The summed E-state index contributed by atoms with van der Waals surface area (Å²) in [4.78, 5) is 1.13. The zero-order valence-electron chi connectivity index (χ0n) is 11.9. The minimum atomic E-state index is -0.374. The molecule has 2 nitrogen and oxygen atoms in total. The van der Waals surface area contributed by atoms with Crippen LogP contribution < -0.4 is 5.32 Å². The molecule has 21 heavy (non-hydrogen) atoms. The van der Waals surface area contributed by atoms with Gasteiger partial charge in [-0.1, -0.05) is 29.8 Å². The first-order chi connectivity index (χ1) is 10.3. The maximum atomic E-state index is 10.6. The molecule has 0 radical (unpaired) electrons. The van der Waals surface area contributed by atoms with Gasteiger partial charge < -0.3 is 10.4 Å². The highest BCUT2D eigenvalue weighted by Gasteiger charge is 2.27. The second-order valence-corrected chi connectivity index (χ2v) is 6.75. The van der Waals surface area contributed by atoms with E-state index in [4.69, 9.17) is 0 Å². The monoisotopic (exact) mass is 297 g/mol. The molecule has 108 valence electrons. The molecule has 0 spiro atoms. The topological polar surface area (TPSA) is 32.3 Å². The number of rotatable bonds is 0. The van der Waals surface area contributed by atoms with Crippen molar-refractivity contribution < 1.29 is 5.11 Å². The first-order valence-corrected chi connectivity index (χ1v) is 8.49. The van der Waals surface area contributed by atoms with Gasteiger partial charge in [0.1, 0.15) is 0 Å². The van der Waals surface area contributed by atoms with E-state index in [-0.39, 0.29) is 6.10 Å². The maximum Gasteiger partial charge on any atom is 0.0928 e. The number of nitrogens with one attached hydrogen (secondary N) is 1. The smallest absolute Gasteiger partial charge is 0.0928 e. The quantitative estimate of drug-likeness (QED) is 0.780. The number of aliphatic hydroxyl groups excluding tert-OH is 1. The molecule has 0 bridgehead atoms. The third-order valence-electron chi connectivity index (χ3n) is 4.53. The Kier molecular flexibility index (Phi) is 3.42. The van der Waals surface area contributed by atoms with E-state index in [1.54, 1.807) is 11.3 Å². The van der Waals surface area contributed by atoms with E-state index in [9.17, 15) is 5.11 Å². The highest BCUT2D eigenvalue weighted by atomic mass is 32.1. The van der Waals surface area contributed by atoms with Gasteiger partial charge in [0.05, 0.1) is 6.10 Å². The van der Waals surface area contributed by atoms with Gasteiger partial charge >= 0.3 is 0 Å². The van der Waals surface area contributed by atoms with Crippen molar-refractivity contribution in [1.82, 2.24) is 5.32 Å². The highest BCUT2D eigenvalue weighted by molar-refractivity contribution is 7.10. The summed E-state index contributed by atoms with van der Waals surface area (Å²) in [6.07, 6.45) is 2.56. The number of thiophene rings is 1.